The van der Waals surface area contributed by atoms with E-state index in [9.17, 15) is 4.79 Å². The summed E-state index contributed by atoms with van der Waals surface area (Å²) in [5.74, 6) is -0.718. The molecule has 3 nitrogen and oxygen atoms in total. The second kappa shape index (κ2) is 4.02. The highest BCUT2D eigenvalue weighted by Crippen LogP contribution is 2.65. The van der Waals surface area contributed by atoms with Gasteiger partial charge in [0.2, 0.25) is 0 Å². The molecule has 0 radical (unpaired) electrons. The Labute approximate surface area is 98.4 Å². The van der Waals surface area contributed by atoms with Crippen LogP contribution in [-0.2, 0) is 4.79 Å². The Hall–Kier alpha value is -0.570. The first-order valence-corrected chi connectivity index (χ1v) is 6.12. The molecule has 0 aromatic rings. The summed E-state index contributed by atoms with van der Waals surface area (Å²) in [4.78, 5) is 10.9. The van der Waals surface area contributed by atoms with Crippen molar-refractivity contribution in [1.82, 2.24) is 0 Å². The van der Waals surface area contributed by atoms with Gasteiger partial charge in [0.05, 0.1) is 6.42 Å². The minimum Gasteiger partial charge on any atom is -0.481 e. The quantitative estimate of drug-likeness (QED) is 0.776. The number of carboxylic acid groups (broad SMARTS) is 1. The highest BCUT2D eigenvalue weighted by molar-refractivity contribution is 5.68. The molecule has 0 aromatic heterocycles. The molecule has 0 unspecified atom stereocenters. The third-order valence-corrected chi connectivity index (χ3v) is 4.65. The van der Waals surface area contributed by atoms with E-state index in [0.29, 0.717) is 6.54 Å². The van der Waals surface area contributed by atoms with Crippen LogP contribution in [0, 0.1) is 16.2 Å². The fourth-order valence-corrected chi connectivity index (χ4v) is 3.36. The highest BCUT2D eigenvalue weighted by atomic mass is 16.4. The number of carboxylic acids is 1. The van der Waals surface area contributed by atoms with Gasteiger partial charge in [-0.1, -0.05) is 27.7 Å². The van der Waals surface area contributed by atoms with Gasteiger partial charge in [-0.05, 0) is 42.1 Å². The SMILES string of the molecule is CC[C@]1(C(C)(C)C)C[C@@](CN)(CC(=O)O)C1. The summed E-state index contributed by atoms with van der Waals surface area (Å²) >= 11 is 0. The van der Waals surface area contributed by atoms with Crippen molar-refractivity contribution >= 4 is 5.97 Å². The minimum atomic E-state index is -0.718. The Morgan fingerprint density at radius 2 is 1.88 bits per heavy atom. The molecule has 1 rings (SSSR count). The maximum Gasteiger partial charge on any atom is 0.303 e. The maximum absolute atomic E-state index is 10.9. The third kappa shape index (κ3) is 2.10. The van der Waals surface area contributed by atoms with Crippen molar-refractivity contribution < 1.29 is 9.90 Å². The molecule has 1 fully saturated rings. The lowest BCUT2D eigenvalue weighted by Gasteiger charge is -2.62. The van der Waals surface area contributed by atoms with E-state index in [1.807, 2.05) is 0 Å². The predicted octanol–water partition coefficient (Wildman–Crippen LogP) is 2.64. The Balaban J connectivity index is 2.78. The number of carbonyl (C=O) groups is 1. The van der Waals surface area contributed by atoms with Crippen LogP contribution in [0.15, 0.2) is 0 Å². The van der Waals surface area contributed by atoms with Crippen LogP contribution in [0.1, 0.15) is 53.4 Å². The molecule has 0 saturated heterocycles. The lowest BCUT2D eigenvalue weighted by Crippen LogP contribution is -2.56. The second-order valence-corrected chi connectivity index (χ2v) is 6.51. The van der Waals surface area contributed by atoms with Gasteiger partial charge in [0, 0.05) is 0 Å². The molecule has 3 N–H and O–H groups in total. The van der Waals surface area contributed by atoms with E-state index in [-0.39, 0.29) is 22.7 Å². The van der Waals surface area contributed by atoms with E-state index in [2.05, 4.69) is 27.7 Å². The van der Waals surface area contributed by atoms with E-state index in [1.54, 1.807) is 0 Å². The summed E-state index contributed by atoms with van der Waals surface area (Å²) in [5, 5.41) is 8.94. The number of rotatable bonds is 4. The molecule has 0 spiro atoms. The van der Waals surface area contributed by atoms with Gasteiger partial charge in [-0.2, -0.15) is 0 Å². The van der Waals surface area contributed by atoms with Crippen LogP contribution in [0.5, 0.6) is 0 Å². The maximum atomic E-state index is 10.9. The van der Waals surface area contributed by atoms with Crippen molar-refractivity contribution in [3.63, 3.8) is 0 Å². The fourth-order valence-electron chi connectivity index (χ4n) is 3.36. The summed E-state index contributed by atoms with van der Waals surface area (Å²) in [6.45, 7) is 9.44. The summed E-state index contributed by atoms with van der Waals surface area (Å²) in [6.07, 6.45) is 3.25. The van der Waals surface area contributed by atoms with Crippen molar-refractivity contribution in [3.05, 3.63) is 0 Å². The smallest absolute Gasteiger partial charge is 0.303 e. The third-order valence-electron chi connectivity index (χ3n) is 4.65. The molecule has 1 aliphatic carbocycles. The van der Waals surface area contributed by atoms with Gasteiger partial charge in [0.1, 0.15) is 0 Å². The molecular weight excluding hydrogens is 202 g/mol. The fraction of sp³-hybridized carbons (Fsp3) is 0.923. The summed E-state index contributed by atoms with van der Waals surface area (Å²) in [6, 6.07) is 0. The first kappa shape index (κ1) is 13.5. The van der Waals surface area contributed by atoms with Gasteiger partial charge in [-0.25, -0.2) is 0 Å². The second-order valence-electron chi connectivity index (χ2n) is 6.51. The summed E-state index contributed by atoms with van der Waals surface area (Å²) in [7, 11) is 0. The van der Waals surface area contributed by atoms with E-state index in [4.69, 9.17) is 10.8 Å². The lowest BCUT2D eigenvalue weighted by molar-refractivity contribution is -0.154. The average Bonchev–Trinajstić information content (AvgIpc) is 2.07. The molecule has 16 heavy (non-hydrogen) atoms. The summed E-state index contributed by atoms with van der Waals surface area (Å²) < 4.78 is 0. The molecule has 94 valence electrons. The largest absolute Gasteiger partial charge is 0.481 e. The standard InChI is InChI=1S/C13H25NO2/c1-5-13(11(2,3)4)7-12(8-13,9-14)6-10(15)16/h5-9,14H2,1-4H3,(H,15,16)/t12-,13-. The Morgan fingerprint density at radius 1 is 1.38 bits per heavy atom. The van der Waals surface area contributed by atoms with E-state index in [0.717, 1.165) is 19.3 Å². The molecule has 1 saturated carbocycles. The van der Waals surface area contributed by atoms with Crippen LogP contribution < -0.4 is 5.73 Å². The van der Waals surface area contributed by atoms with Crippen molar-refractivity contribution in [2.24, 2.45) is 22.0 Å². The topological polar surface area (TPSA) is 63.3 Å². The Kier molecular flexibility index (Phi) is 3.39. The first-order valence-electron chi connectivity index (χ1n) is 6.12. The van der Waals surface area contributed by atoms with Gasteiger partial charge in [0.25, 0.3) is 0 Å². The molecule has 0 heterocycles. The molecule has 0 aromatic carbocycles. The van der Waals surface area contributed by atoms with Crippen LogP contribution in [0.2, 0.25) is 0 Å². The van der Waals surface area contributed by atoms with Crippen LogP contribution in [0.4, 0.5) is 0 Å². The normalized spacial score (nSPS) is 34.6. The predicted molar refractivity (Wildman–Crippen MR) is 65.2 cm³/mol. The molecule has 0 atom stereocenters. The van der Waals surface area contributed by atoms with Gasteiger partial charge < -0.3 is 10.8 Å². The number of hydrogen-bond donors (Lipinski definition) is 2. The first-order chi connectivity index (χ1) is 7.20. The van der Waals surface area contributed by atoms with Crippen LogP contribution in [0.25, 0.3) is 0 Å². The van der Waals surface area contributed by atoms with Crippen LogP contribution in [-0.4, -0.2) is 17.6 Å². The minimum absolute atomic E-state index is 0.144. The molecule has 0 amide bonds. The highest BCUT2D eigenvalue weighted by Gasteiger charge is 2.58. The Morgan fingerprint density at radius 3 is 2.12 bits per heavy atom. The summed E-state index contributed by atoms with van der Waals surface area (Å²) in [5.41, 5.74) is 6.14. The monoisotopic (exact) mass is 227 g/mol. The molecule has 3 heteroatoms. The van der Waals surface area contributed by atoms with E-state index < -0.39 is 5.97 Å². The van der Waals surface area contributed by atoms with Crippen molar-refractivity contribution in [1.29, 1.82) is 0 Å². The van der Waals surface area contributed by atoms with Gasteiger partial charge in [-0.15, -0.1) is 0 Å². The molecule has 0 aliphatic heterocycles. The van der Waals surface area contributed by atoms with E-state index in [1.165, 1.54) is 0 Å². The average molecular weight is 227 g/mol. The van der Waals surface area contributed by atoms with Crippen molar-refractivity contribution in [2.75, 3.05) is 6.54 Å². The number of nitrogens with two attached hydrogens (primary N) is 1. The Bertz CT molecular complexity index is 272. The number of aliphatic carboxylic acids is 1. The lowest BCUT2D eigenvalue weighted by atomic mass is 9.43. The van der Waals surface area contributed by atoms with Gasteiger partial charge >= 0.3 is 5.97 Å². The van der Waals surface area contributed by atoms with Gasteiger partial charge in [0.15, 0.2) is 0 Å². The van der Waals surface area contributed by atoms with Gasteiger partial charge in [-0.3, -0.25) is 4.79 Å². The molecule has 0 bridgehead atoms. The zero-order valence-corrected chi connectivity index (χ0v) is 11.0. The van der Waals surface area contributed by atoms with Crippen molar-refractivity contribution in [3.8, 4) is 0 Å². The zero-order valence-electron chi connectivity index (χ0n) is 11.0. The van der Waals surface area contributed by atoms with Crippen LogP contribution in [0.3, 0.4) is 0 Å². The zero-order chi connectivity index (χ0) is 12.6. The number of hydrogen-bond acceptors (Lipinski definition) is 2. The molecule has 1 aliphatic rings. The molecular formula is C13H25NO2. The van der Waals surface area contributed by atoms with E-state index >= 15 is 0 Å². The van der Waals surface area contributed by atoms with Crippen LogP contribution >= 0.6 is 0 Å². The van der Waals surface area contributed by atoms with Crippen molar-refractivity contribution in [2.45, 2.75) is 53.4 Å².